The molecule has 0 aliphatic carbocycles. The van der Waals surface area contributed by atoms with Crippen LogP contribution in [0.5, 0.6) is 0 Å². The zero-order chi connectivity index (χ0) is 14.3. The van der Waals surface area contributed by atoms with E-state index in [9.17, 15) is 9.90 Å². The molecular weight excluding hydrogens is 322 g/mol. The number of aryl methyl sites for hydroxylation is 1. The van der Waals surface area contributed by atoms with Crippen molar-refractivity contribution >= 4 is 32.8 Å². The summed E-state index contributed by atoms with van der Waals surface area (Å²) < 4.78 is 6.55. The average molecular weight is 338 g/mol. The Morgan fingerprint density at radius 3 is 3.05 bits per heavy atom. The first kappa shape index (κ1) is 13.6. The third-order valence-corrected chi connectivity index (χ3v) is 4.36. The third-order valence-electron chi connectivity index (χ3n) is 3.77. The minimum atomic E-state index is -0.137. The summed E-state index contributed by atoms with van der Waals surface area (Å²) in [4.78, 5) is 14.2. The number of furan rings is 1. The Hall–Kier alpha value is -1.33. The lowest BCUT2D eigenvalue weighted by Gasteiger charge is -2.21. The van der Waals surface area contributed by atoms with Gasteiger partial charge in [-0.2, -0.15) is 0 Å². The number of carbonyl (C=O) groups excluding carboxylic acids is 1. The van der Waals surface area contributed by atoms with Crippen LogP contribution in [0.1, 0.15) is 29.0 Å². The Morgan fingerprint density at radius 2 is 2.30 bits per heavy atom. The minimum absolute atomic E-state index is 0.00870. The molecule has 4 nitrogen and oxygen atoms in total. The van der Waals surface area contributed by atoms with E-state index in [2.05, 4.69) is 15.9 Å². The lowest BCUT2D eigenvalue weighted by Crippen LogP contribution is -2.37. The average Bonchev–Trinajstić information content (AvgIpc) is 3.03. The fraction of sp³-hybridized carbons (Fsp3) is 0.400. The molecule has 2 aromatic rings. The highest BCUT2D eigenvalue weighted by Gasteiger charge is 2.30. The first-order valence-electron chi connectivity index (χ1n) is 6.71. The molecule has 1 aromatic carbocycles. The molecule has 2 heterocycles. The van der Waals surface area contributed by atoms with E-state index in [4.69, 9.17) is 4.42 Å². The van der Waals surface area contributed by atoms with E-state index in [1.54, 1.807) is 11.0 Å². The van der Waals surface area contributed by atoms with Crippen LogP contribution in [0, 0.1) is 6.92 Å². The highest BCUT2D eigenvalue weighted by Crippen LogP contribution is 2.30. The Bertz CT molecular complexity index is 664. The fourth-order valence-corrected chi connectivity index (χ4v) is 3.46. The lowest BCUT2D eigenvalue weighted by atomic mass is 10.2. The van der Waals surface area contributed by atoms with Gasteiger partial charge in [-0.25, -0.2) is 0 Å². The summed E-state index contributed by atoms with van der Waals surface area (Å²) in [6, 6.07) is 5.66. The van der Waals surface area contributed by atoms with E-state index in [1.165, 1.54) is 0 Å². The predicted octanol–water partition coefficient (Wildman–Crippen LogP) is 3.10. The van der Waals surface area contributed by atoms with Crippen molar-refractivity contribution in [1.82, 2.24) is 4.90 Å². The molecule has 1 aliphatic rings. The van der Waals surface area contributed by atoms with Gasteiger partial charge in [0, 0.05) is 11.9 Å². The summed E-state index contributed by atoms with van der Waals surface area (Å²) in [6.07, 6.45) is 1.78. The van der Waals surface area contributed by atoms with Crippen LogP contribution in [-0.4, -0.2) is 35.1 Å². The van der Waals surface area contributed by atoms with Gasteiger partial charge in [0.05, 0.1) is 17.1 Å². The minimum Gasteiger partial charge on any atom is -0.450 e. The van der Waals surface area contributed by atoms with Gasteiger partial charge in [-0.1, -0.05) is 0 Å². The number of aliphatic hydroxyl groups is 1. The van der Waals surface area contributed by atoms with Crippen molar-refractivity contribution in [2.24, 2.45) is 0 Å². The zero-order valence-corrected chi connectivity index (χ0v) is 12.8. The number of hydrogen-bond acceptors (Lipinski definition) is 3. The summed E-state index contributed by atoms with van der Waals surface area (Å²) in [7, 11) is 0. The zero-order valence-electron chi connectivity index (χ0n) is 11.2. The number of amides is 1. The van der Waals surface area contributed by atoms with E-state index in [0.29, 0.717) is 17.9 Å². The summed E-state index contributed by atoms with van der Waals surface area (Å²) in [6.45, 7) is 2.69. The summed E-state index contributed by atoms with van der Waals surface area (Å²) in [5.41, 5.74) is 1.80. The van der Waals surface area contributed by atoms with Crippen LogP contribution in [0.4, 0.5) is 0 Å². The number of benzene rings is 1. The van der Waals surface area contributed by atoms with Gasteiger partial charge in [-0.3, -0.25) is 4.79 Å². The SMILES string of the molecule is Cc1cc(Br)c2oc(C(=O)N3CCC[C@@H]3CO)cc2c1. The predicted molar refractivity (Wildman–Crippen MR) is 79.8 cm³/mol. The maximum Gasteiger partial charge on any atom is 0.289 e. The van der Waals surface area contributed by atoms with Crippen LogP contribution in [0.3, 0.4) is 0 Å². The smallest absolute Gasteiger partial charge is 0.289 e. The number of fused-ring (bicyclic) bond motifs is 1. The molecule has 0 bridgehead atoms. The molecule has 1 amide bonds. The summed E-state index contributed by atoms with van der Waals surface area (Å²) >= 11 is 3.46. The molecule has 20 heavy (non-hydrogen) atoms. The van der Waals surface area contributed by atoms with Gasteiger partial charge < -0.3 is 14.4 Å². The normalized spacial score (nSPS) is 18.9. The molecule has 1 N–H and O–H groups in total. The second-order valence-corrected chi connectivity index (χ2v) is 6.11. The number of likely N-dealkylation sites (tertiary alicyclic amines) is 1. The van der Waals surface area contributed by atoms with Gasteiger partial charge in [-0.05, 0) is 59.5 Å². The Morgan fingerprint density at radius 1 is 1.50 bits per heavy atom. The molecule has 1 aliphatic heterocycles. The number of carbonyl (C=O) groups is 1. The molecule has 1 atom stereocenters. The number of rotatable bonds is 2. The fourth-order valence-electron chi connectivity index (χ4n) is 2.79. The maximum absolute atomic E-state index is 12.5. The highest BCUT2D eigenvalue weighted by molar-refractivity contribution is 9.10. The van der Waals surface area contributed by atoms with E-state index >= 15 is 0 Å². The number of aliphatic hydroxyl groups excluding tert-OH is 1. The largest absolute Gasteiger partial charge is 0.450 e. The van der Waals surface area contributed by atoms with E-state index in [1.807, 2.05) is 19.1 Å². The van der Waals surface area contributed by atoms with E-state index < -0.39 is 0 Å². The highest BCUT2D eigenvalue weighted by atomic mass is 79.9. The third kappa shape index (κ3) is 2.25. The van der Waals surface area contributed by atoms with E-state index in [0.717, 1.165) is 28.3 Å². The first-order chi connectivity index (χ1) is 9.60. The summed E-state index contributed by atoms with van der Waals surface area (Å²) in [5, 5.41) is 10.2. The topological polar surface area (TPSA) is 53.7 Å². The lowest BCUT2D eigenvalue weighted by molar-refractivity contribution is 0.0648. The molecular formula is C15H16BrNO3. The van der Waals surface area contributed by atoms with Crippen LogP contribution < -0.4 is 0 Å². The van der Waals surface area contributed by atoms with Gasteiger partial charge in [0.1, 0.15) is 5.58 Å². The van der Waals surface area contributed by atoms with Crippen molar-refractivity contribution in [3.05, 3.63) is 34.0 Å². The Labute approximate surface area is 125 Å². The summed E-state index contributed by atoms with van der Waals surface area (Å²) in [5.74, 6) is 0.203. The van der Waals surface area contributed by atoms with Crippen molar-refractivity contribution in [3.63, 3.8) is 0 Å². The molecule has 5 heteroatoms. The van der Waals surface area contributed by atoms with Crippen LogP contribution in [-0.2, 0) is 0 Å². The molecule has 3 rings (SSSR count). The quantitative estimate of drug-likeness (QED) is 0.916. The van der Waals surface area contributed by atoms with Crippen LogP contribution in [0.15, 0.2) is 27.1 Å². The number of nitrogens with zero attached hydrogens (tertiary/aromatic N) is 1. The van der Waals surface area contributed by atoms with Gasteiger partial charge in [0.25, 0.3) is 5.91 Å². The standard InChI is InChI=1S/C15H16BrNO3/c1-9-5-10-7-13(20-14(10)12(16)6-9)15(19)17-4-2-3-11(17)8-18/h5-7,11,18H,2-4,8H2,1H3/t11-/m1/s1. The van der Waals surface area contributed by atoms with Crippen molar-refractivity contribution in [1.29, 1.82) is 0 Å². The van der Waals surface area contributed by atoms with Gasteiger partial charge in [-0.15, -0.1) is 0 Å². The molecule has 1 aromatic heterocycles. The second-order valence-electron chi connectivity index (χ2n) is 5.25. The van der Waals surface area contributed by atoms with Crippen molar-refractivity contribution in [3.8, 4) is 0 Å². The first-order valence-corrected chi connectivity index (χ1v) is 7.51. The van der Waals surface area contributed by atoms with Crippen LogP contribution in [0.2, 0.25) is 0 Å². The van der Waals surface area contributed by atoms with Gasteiger partial charge in [0.2, 0.25) is 0 Å². The van der Waals surface area contributed by atoms with E-state index in [-0.39, 0.29) is 18.6 Å². The molecule has 0 radical (unpaired) electrons. The number of halogens is 1. The van der Waals surface area contributed by atoms with Crippen molar-refractivity contribution in [2.75, 3.05) is 13.2 Å². The number of hydrogen-bond donors (Lipinski definition) is 1. The molecule has 0 unspecified atom stereocenters. The van der Waals surface area contributed by atoms with Crippen molar-refractivity contribution in [2.45, 2.75) is 25.8 Å². The van der Waals surface area contributed by atoms with Gasteiger partial charge >= 0.3 is 0 Å². The van der Waals surface area contributed by atoms with Crippen LogP contribution >= 0.6 is 15.9 Å². The Balaban J connectivity index is 1.98. The molecule has 106 valence electrons. The van der Waals surface area contributed by atoms with Crippen LogP contribution in [0.25, 0.3) is 11.0 Å². The molecule has 1 fully saturated rings. The molecule has 0 spiro atoms. The second kappa shape index (κ2) is 5.22. The maximum atomic E-state index is 12.5. The Kier molecular flexibility index (Phi) is 3.56. The monoisotopic (exact) mass is 337 g/mol. The van der Waals surface area contributed by atoms with Crippen molar-refractivity contribution < 1.29 is 14.3 Å². The van der Waals surface area contributed by atoms with Gasteiger partial charge in [0.15, 0.2) is 5.76 Å². The molecule has 0 saturated carbocycles. The molecule has 1 saturated heterocycles.